The summed E-state index contributed by atoms with van der Waals surface area (Å²) in [6, 6.07) is 0. The van der Waals surface area contributed by atoms with Crippen LogP contribution in [0.15, 0.2) is 49.6 Å². The summed E-state index contributed by atoms with van der Waals surface area (Å²) >= 11 is 0. The monoisotopic (exact) mass is 250 g/mol. The van der Waals surface area contributed by atoms with Gasteiger partial charge >= 0.3 is 0 Å². The van der Waals surface area contributed by atoms with Gasteiger partial charge in [-0.15, -0.1) is 13.2 Å². The minimum absolute atomic E-state index is 0.00327. The molecule has 0 saturated heterocycles. The third-order valence-electron chi connectivity index (χ3n) is 2.58. The maximum atomic E-state index is 5.79. The van der Waals surface area contributed by atoms with E-state index in [4.69, 9.17) is 9.47 Å². The van der Waals surface area contributed by atoms with Gasteiger partial charge in [0.2, 0.25) is 0 Å². The average molecular weight is 250 g/mol. The number of rotatable bonds is 11. The summed E-state index contributed by atoms with van der Waals surface area (Å²) in [5.41, 5.74) is 2.00. The first kappa shape index (κ1) is 16.9. The lowest BCUT2D eigenvalue weighted by Gasteiger charge is -2.24. The fraction of sp³-hybridized carbons (Fsp3) is 0.500. The van der Waals surface area contributed by atoms with Crippen LogP contribution in [-0.2, 0) is 9.47 Å². The molecule has 0 aliphatic carbocycles. The van der Waals surface area contributed by atoms with Crippen molar-refractivity contribution in [2.24, 2.45) is 0 Å². The van der Waals surface area contributed by atoms with Gasteiger partial charge < -0.3 is 9.47 Å². The van der Waals surface area contributed by atoms with E-state index in [0.29, 0.717) is 13.2 Å². The zero-order chi connectivity index (χ0) is 14.0. The fourth-order valence-corrected chi connectivity index (χ4v) is 1.50. The standard InChI is InChI=1S/C16H26O2/c1-7-9-11-18-16(14(5)6)12-15(13(3)4)17-10-8-2/h7-8,15-16H,1-3,5,9-12H2,4,6H3/t15-,16+/m1/s1. The lowest BCUT2D eigenvalue weighted by Crippen LogP contribution is -2.25. The van der Waals surface area contributed by atoms with Crippen LogP contribution in [0.3, 0.4) is 0 Å². The highest BCUT2D eigenvalue weighted by atomic mass is 16.5. The van der Waals surface area contributed by atoms with Gasteiger partial charge in [-0.05, 0) is 20.3 Å². The van der Waals surface area contributed by atoms with Gasteiger partial charge in [0.1, 0.15) is 0 Å². The van der Waals surface area contributed by atoms with Crippen molar-refractivity contribution in [2.45, 2.75) is 38.9 Å². The van der Waals surface area contributed by atoms with Crippen molar-refractivity contribution >= 4 is 0 Å². The lowest BCUT2D eigenvalue weighted by atomic mass is 10.0. The first-order chi connectivity index (χ1) is 8.52. The normalized spacial score (nSPS) is 13.7. The third kappa shape index (κ3) is 7.25. The Bertz CT molecular complexity index is 291. The summed E-state index contributed by atoms with van der Waals surface area (Å²) in [5, 5.41) is 0. The molecule has 0 N–H and O–H groups in total. The van der Waals surface area contributed by atoms with E-state index < -0.39 is 0 Å². The van der Waals surface area contributed by atoms with Crippen molar-refractivity contribution in [1.82, 2.24) is 0 Å². The molecule has 0 saturated carbocycles. The largest absolute Gasteiger partial charge is 0.373 e. The quantitative estimate of drug-likeness (QED) is 0.406. The fourth-order valence-electron chi connectivity index (χ4n) is 1.50. The minimum Gasteiger partial charge on any atom is -0.373 e. The van der Waals surface area contributed by atoms with Crippen LogP contribution >= 0.6 is 0 Å². The van der Waals surface area contributed by atoms with Crippen LogP contribution in [0.25, 0.3) is 0 Å². The molecule has 0 aliphatic heterocycles. The van der Waals surface area contributed by atoms with Gasteiger partial charge in [0.05, 0.1) is 25.4 Å². The van der Waals surface area contributed by atoms with Crippen LogP contribution < -0.4 is 0 Å². The molecular weight excluding hydrogens is 224 g/mol. The van der Waals surface area contributed by atoms with Gasteiger partial charge in [-0.25, -0.2) is 0 Å². The highest BCUT2D eigenvalue weighted by Crippen LogP contribution is 2.18. The van der Waals surface area contributed by atoms with Crippen LogP contribution in [0.1, 0.15) is 26.7 Å². The smallest absolute Gasteiger partial charge is 0.0811 e. The number of hydrogen-bond acceptors (Lipinski definition) is 2. The molecule has 0 bridgehead atoms. The van der Waals surface area contributed by atoms with Gasteiger partial charge in [0.25, 0.3) is 0 Å². The summed E-state index contributed by atoms with van der Waals surface area (Å²) < 4.78 is 11.5. The molecule has 0 aromatic carbocycles. The Morgan fingerprint density at radius 3 is 2.00 bits per heavy atom. The Balaban J connectivity index is 4.40. The van der Waals surface area contributed by atoms with Crippen molar-refractivity contribution in [3.05, 3.63) is 49.6 Å². The Morgan fingerprint density at radius 2 is 1.56 bits per heavy atom. The van der Waals surface area contributed by atoms with Crippen molar-refractivity contribution in [1.29, 1.82) is 0 Å². The second-order valence-corrected chi connectivity index (χ2v) is 4.48. The predicted octanol–water partition coefficient (Wildman–Crippen LogP) is 4.06. The van der Waals surface area contributed by atoms with Crippen LogP contribution in [0.5, 0.6) is 0 Å². The SMILES string of the molecule is C=CCCO[C@@H](C[C@@H](OCC=C)C(=C)C)C(=C)C. The van der Waals surface area contributed by atoms with Crippen LogP contribution in [-0.4, -0.2) is 25.4 Å². The Labute approximate surface area is 112 Å². The molecule has 0 rings (SSSR count). The van der Waals surface area contributed by atoms with Gasteiger partial charge in [-0.2, -0.15) is 0 Å². The van der Waals surface area contributed by atoms with Gasteiger partial charge in [0.15, 0.2) is 0 Å². The molecule has 2 heteroatoms. The average Bonchev–Trinajstić information content (AvgIpc) is 2.31. The van der Waals surface area contributed by atoms with Crippen molar-refractivity contribution in [3.8, 4) is 0 Å². The van der Waals surface area contributed by atoms with Gasteiger partial charge in [0, 0.05) is 6.42 Å². The van der Waals surface area contributed by atoms with Crippen molar-refractivity contribution in [2.75, 3.05) is 13.2 Å². The topological polar surface area (TPSA) is 18.5 Å². The minimum atomic E-state index is -0.0200. The Hall–Kier alpha value is -1.12. The lowest BCUT2D eigenvalue weighted by molar-refractivity contribution is 0.0212. The van der Waals surface area contributed by atoms with Crippen molar-refractivity contribution < 1.29 is 9.47 Å². The Morgan fingerprint density at radius 1 is 1.00 bits per heavy atom. The second-order valence-electron chi connectivity index (χ2n) is 4.48. The summed E-state index contributed by atoms with van der Waals surface area (Å²) in [7, 11) is 0. The van der Waals surface area contributed by atoms with E-state index >= 15 is 0 Å². The zero-order valence-electron chi connectivity index (χ0n) is 11.8. The highest BCUT2D eigenvalue weighted by Gasteiger charge is 2.18. The zero-order valence-corrected chi connectivity index (χ0v) is 11.8. The van der Waals surface area contributed by atoms with E-state index in [1.54, 1.807) is 6.08 Å². The molecule has 0 unspecified atom stereocenters. The van der Waals surface area contributed by atoms with E-state index in [-0.39, 0.29) is 12.2 Å². The molecule has 0 aliphatic rings. The highest BCUT2D eigenvalue weighted by molar-refractivity contribution is 5.05. The molecular formula is C16H26O2. The van der Waals surface area contributed by atoms with E-state index in [1.807, 2.05) is 19.9 Å². The van der Waals surface area contributed by atoms with Crippen LogP contribution in [0.2, 0.25) is 0 Å². The molecule has 0 aromatic rings. The van der Waals surface area contributed by atoms with E-state index in [1.165, 1.54) is 0 Å². The van der Waals surface area contributed by atoms with E-state index in [9.17, 15) is 0 Å². The van der Waals surface area contributed by atoms with E-state index in [0.717, 1.165) is 24.0 Å². The summed E-state index contributed by atoms with van der Waals surface area (Å²) in [6.07, 6.45) is 5.15. The summed E-state index contributed by atoms with van der Waals surface area (Å²) in [4.78, 5) is 0. The second kappa shape index (κ2) is 9.86. The van der Waals surface area contributed by atoms with Gasteiger partial charge in [-0.1, -0.05) is 36.5 Å². The molecule has 0 heterocycles. The molecule has 2 nitrogen and oxygen atoms in total. The summed E-state index contributed by atoms with van der Waals surface area (Å²) in [6.45, 7) is 20.4. The molecule has 0 aromatic heterocycles. The van der Waals surface area contributed by atoms with Crippen molar-refractivity contribution in [3.63, 3.8) is 0 Å². The maximum absolute atomic E-state index is 5.79. The molecule has 0 spiro atoms. The Kier molecular flexibility index (Phi) is 9.25. The first-order valence-electron chi connectivity index (χ1n) is 6.28. The number of ether oxygens (including phenoxy) is 2. The van der Waals surface area contributed by atoms with Crippen LogP contribution in [0, 0.1) is 0 Å². The van der Waals surface area contributed by atoms with E-state index in [2.05, 4.69) is 26.3 Å². The molecule has 102 valence electrons. The molecule has 0 radical (unpaired) electrons. The molecule has 2 atom stereocenters. The summed E-state index contributed by atoms with van der Waals surface area (Å²) in [5.74, 6) is 0. The third-order valence-corrected chi connectivity index (χ3v) is 2.58. The van der Waals surface area contributed by atoms with Gasteiger partial charge in [-0.3, -0.25) is 0 Å². The molecule has 0 fully saturated rings. The molecule has 0 amide bonds. The van der Waals surface area contributed by atoms with Crippen LogP contribution in [0.4, 0.5) is 0 Å². The maximum Gasteiger partial charge on any atom is 0.0811 e. The predicted molar refractivity (Wildman–Crippen MR) is 78.7 cm³/mol. The number of hydrogen-bond donors (Lipinski definition) is 0. The molecule has 18 heavy (non-hydrogen) atoms. The first-order valence-corrected chi connectivity index (χ1v) is 6.28.